The van der Waals surface area contributed by atoms with E-state index in [1.165, 1.54) is 5.56 Å². The fourth-order valence-electron chi connectivity index (χ4n) is 3.45. The molecule has 0 fully saturated rings. The Morgan fingerprint density at radius 1 is 0.800 bits per heavy atom. The molecule has 0 bridgehead atoms. The molecular formula is C25H27NO4. The van der Waals surface area contributed by atoms with Crippen LogP contribution in [0.15, 0.2) is 66.7 Å². The molecule has 0 saturated carbocycles. The van der Waals surface area contributed by atoms with E-state index in [9.17, 15) is 4.79 Å². The van der Waals surface area contributed by atoms with Crippen LogP contribution in [0.5, 0.6) is 17.2 Å². The van der Waals surface area contributed by atoms with Gasteiger partial charge in [0.05, 0.1) is 33.8 Å². The Morgan fingerprint density at radius 3 is 2.03 bits per heavy atom. The summed E-state index contributed by atoms with van der Waals surface area (Å²) in [5.74, 6) is 1.45. The van der Waals surface area contributed by atoms with Gasteiger partial charge in [0.1, 0.15) is 0 Å². The summed E-state index contributed by atoms with van der Waals surface area (Å²) in [5.41, 5.74) is 4.09. The first-order chi connectivity index (χ1) is 14.6. The minimum atomic E-state index is -0.117. The number of carbonyl (C=O) groups excluding carboxylic acids is 1. The highest BCUT2D eigenvalue weighted by Crippen LogP contribution is 2.39. The van der Waals surface area contributed by atoms with E-state index in [2.05, 4.69) is 29.6 Å². The molecule has 1 atom stereocenters. The van der Waals surface area contributed by atoms with Crippen molar-refractivity contribution in [2.45, 2.75) is 19.4 Å². The second kappa shape index (κ2) is 9.83. The van der Waals surface area contributed by atoms with Gasteiger partial charge in [0.15, 0.2) is 11.5 Å². The van der Waals surface area contributed by atoms with Crippen LogP contribution in [0.2, 0.25) is 0 Å². The number of nitrogens with one attached hydrogen (secondary N) is 1. The zero-order chi connectivity index (χ0) is 21.5. The van der Waals surface area contributed by atoms with Crippen LogP contribution in [0.1, 0.15) is 24.1 Å². The molecule has 5 nitrogen and oxygen atoms in total. The second-order valence-corrected chi connectivity index (χ2v) is 6.95. The lowest BCUT2D eigenvalue weighted by Crippen LogP contribution is -2.28. The number of methoxy groups -OCH3 is 3. The van der Waals surface area contributed by atoms with E-state index in [1.807, 2.05) is 43.3 Å². The second-order valence-electron chi connectivity index (χ2n) is 6.95. The number of ether oxygens (including phenoxy) is 3. The van der Waals surface area contributed by atoms with Crippen LogP contribution in [-0.4, -0.2) is 27.2 Å². The summed E-state index contributed by atoms with van der Waals surface area (Å²) >= 11 is 0. The molecular weight excluding hydrogens is 378 g/mol. The summed E-state index contributed by atoms with van der Waals surface area (Å²) in [6.45, 7) is 1.97. The van der Waals surface area contributed by atoms with E-state index in [0.29, 0.717) is 17.2 Å². The predicted molar refractivity (Wildman–Crippen MR) is 118 cm³/mol. The molecule has 0 aromatic heterocycles. The molecule has 5 heteroatoms. The van der Waals surface area contributed by atoms with E-state index in [4.69, 9.17) is 14.2 Å². The number of amides is 1. The smallest absolute Gasteiger partial charge is 0.225 e. The van der Waals surface area contributed by atoms with Gasteiger partial charge in [-0.05, 0) is 29.7 Å². The van der Waals surface area contributed by atoms with Gasteiger partial charge in [-0.15, -0.1) is 0 Å². The largest absolute Gasteiger partial charge is 0.493 e. The number of hydrogen-bond donors (Lipinski definition) is 1. The van der Waals surface area contributed by atoms with Crippen molar-refractivity contribution in [1.29, 1.82) is 0 Å². The van der Waals surface area contributed by atoms with Crippen molar-refractivity contribution < 1.29 is 19.0 Å². The summed E-state index contributed by atoms with van der Waals surface area (Å²) in [6, 6.07) is 21.9. The fraction of sp³-hybridized carbons (Fsp3) is 0.240. The molecule has 0 aliphatic carbocycles. The van der Waals surface area contributed by atoms with Gasteiger partial charge >= 0.3 is 0 Å². The van der Waals surface area contributed by atoms with E-state index < -0.39 is 0 Å². The molecule has 3 rings (SSSR count). The topological polar surface area (TPSA) is 56.8 Å². The zero-order valence-electron chi connectivity index (χ0n) is 17.8. The van der Waals surface area contributed by atoms with Crippen molar-refractivity contribution in [3.63, 3.8) is 0 Å². The van der Waals surface area contributed by atoms with Crippen LogP contribution in [0.25, 0.3) is 11.1 Å². The molecule has 0 radical (unpaired) electrons. The monoisotopic (exact) mass is 405 g/mol. The first kappa shape index (κ1) is 21.2. The summed E-state index contributed by atoms with van der Waals surface area (Å²) < 4.78 is 16.2. The lowest BCUT2D eigenvalue weighted by atomic mass is 10.0. The summed E-state index contributed by atoms with van der Waals surface area (Å²) in [5, 5.41) is 3.05. The minimum Gasteiger partial charge on any atom is -0.493 e. The molecule has 0 aliphatic rings. The van der Waals surface area contributed by atoms with Crippen LogP contribution in [0, 0.1) is 0 Å². The molecule has 30 heavy (non-hydrogen) atoms. The van der Waals surface area contributed by atoms with E-state index in [1.54, 1.807) is 27.4 Å². The van der Waals surface area contributed by atoms with Crippen LogP contribution < -0.4 is 19.5 Å². The van der Waals surface area contributed by atoms with Crippen molar-refractivity contribution in [3.8, 4) is 28.4 Å². The SMILES string of the molecule is COc1ccc(CC(=O)NC(C)c2ccc(-c3ccccc3)cc2)c(OC)c1OC. The molecule has 0 spiro atoms. The Labute approximate surface area is 177 Å². The lowest BCUT2D eigenvalue weighted by Gasteiger charge is -2.18. The molecule has 156 valence electrons. The predicted octanol–water partition coefficient (Wildman–Crippen LogP) is 4.80. The molecule has 1 unspecified atom stereocenters. The molecule has 3 aromatic carbocycles. The van der Waals surface area contributed by atoms with Crippen molar-refractivity contribution in [2.24, 2.45) is 0 Å². The van der Waals surface area contributed by atoms with E-state index in [-0.39, 0.29) is 18.4 Å². The minimum absolute atomic E-state index is 0.0971. The molecule has 1 N–H and O–H groups in total. The Kier molecular flexibility index (Phi) is 6.96. The maximum atomic E-state index is 12.7. The molecule has 3 aromatic rings. The Bertz CT molecular complexity index is 984. The van der Waals surface area contributed by atoms with Crippen LogP contribution in [0.3, 0.4) is 0 Å². The summed E-state index contributed by atoms with van der Waals surface area (Å²) in [4.78, 5) is 12.7. The van der Waals surface area contributed by atoms with Crippen molar-refractivity contribution >= 4 is 5.91 Å². The maximum absolute atomic E-state index is 12.7. The van der Waals surface area contributed by atoms with Gasteiger partial charge in [0, 0.05) is 5.56 Å². The maximum Gasteiger partial charge on any atom is 0.225 e. The standard InChI is InChI=1S/C25H27NO4/c1-17(18-10-12-20(13-11-18)19-8-6-5-7-9-19)26-23(27)16-21-14-15-22(28-2)25(30-4)24(21)29-3/h5-15,17H,16H2,1-4H3,(H,26,27). The number of carbonyl (C=O) groups is 1. The van der Waals surface area contributed by atoms with Gasteiger partial charge in [-0.25, -0.2) is 0 Å². The first-order valence-corrected chi connectivity index (χ1v) is 9.80. The molecule has 0 aliphatic heterocycles. The molecule has 1 amide bonds. The average Bonchev–Trinajstić information content (AvgIpc) is 2.79. The number of benzene rings is 3. The van der Waals surface area contributed by atoms with Crippen molar-refractivity contribution in [2.75, 3.05) is 21.3 Å². The number of hydrogen-bond acceptors (Lipinski definition) is 4. The van der Waals surface area contributed by atoms with Gasteiger partial charge in [-0.3, -0.25) is 4.79 Å². The quantitative estimate of drug-likeness (QED) is 0.585. The Hall–Kier alpha value is -3.47. The van der Waals surface area contributed by atoms with Crippen LogP contribution in [-0.2, 0) is 11.2 Å². The Balaban J connectivity index is 1.69. The summed E-state index contributed by atoms with van der Waals surface area (Å²) in [6.07, 6.45) is 0.177. The van der Waals surface area contributed by atoms with Gasteiger partial charge in [0.25, 0.3) is 0 Å². The first-order valence-electron chi connectivity index (χ1n) is 9.80. The van der Waals surface area contributed by atoms with Crippen LogP contribution >= 0.6 is 0 Å². The lowest BCUT2D eigenvalue weighted by molar-refractivity contribution is -0.121. The van der Waals surface area contributed by atoms with Gasteiger partial charge in [-0.2, -0.15) is 0 Å². The normalized spacial score (nSPS) is 11.5. The highest BCUT2D eigenvalue weighted by atomic mass is 16.5. The van der Waals surface area contributed by atoms with Crippen LogP contribution in [0.4, 0.5) is 0 Å². The number of rotatable bonds is 8. The third-order valence-corrected chi connectivity index (χ3v) is 5.03. The zero-order valence-corrected chi connectivity index (χ0v) is 17.8. The third kappa shape index (κ3) is 4.74. The van der Waals surface area contributed by atoms with E-state index in [0.717, 1.165) is 16.7 Å². The third-order valence-electron chi connectivity index (χ3n) is 5.03. The van der Waals surface area contributed by atoms with Gasteiger partial charge in [-0.1, -0.05) is 60.7 Å². The van der Waals surface area contributed by atoms with Crippen molar-refractivity contribution in [3.05, 3.63) is 77.9 Å². The van der Waals surface area contributed by atoms with E-state index >= 15 is 0 Å². The van der Waals surface area contributed by atoms with Gasteiger partial charge < -0.3 is 19.5 Å². The summed E-state index contributed by atoms with van der Waals surface area (Å²) in [7, 11) is 4.66. The highest BCUT2D eigenvalue weighted by Gasteiger charge is 2.19. The van der Waals surface area contributed by atoms with Crippen molar-refractivity contribution in [1.82, 2.24) is 5.32 Å². The van der Waals surface area contributed by atoms with Gasteiger partial charge in [0.2, 0.25) is 11.7 Å². The molecule has 0 heterocycles. The average molecular weight is 405 g/mol. The molecule has 0 saturated heterocycles. The fourth-order valence-corrected chi connectivity index (χ4v) is 3.45. The Morgan fingerprint density at radius 2 is 1.43 bits per heavy atom. The highest BCUT2D eigenvalue weighted by molar-refractivity contribution is 5.80.